The highest BCUT2D eigenvalue weighted by Crippen LogP contribution is 2.36. The van der Waals surface area contributed by atoms with Crippen molar-refractivity contribution < 1.29 is 18.7 Å². The smallest absolute Gasteiger partial charge is 0.346 e. The highest BCUT2D eigenvalue weighted by atomic mass is 16.5. The summed E-state index contributed by atoms with van der Waals surface area (Å²) in [5, 5.41) is 14.2. The lowest BCUT2D eigenvalue weighted by Crippen LogP contribution is -2.32. The van der Waals surface area contributed by atoms with Gasteiger partial charge in [0.05, 0.1) is 32.7 Å². The van der Waals surface area contributed by atoms with Gasteiger partial charge >= 0.3 is 5.69 Å². The van der Waals surface area contributed by atoms with Gasteiger partial charge in [0.1, 0.15) is 17.2 Å². The average molecular weight is 464 g/mol. The second-order valence-corrected chi connectivity index (χ2v) is 7.90. The SMILES string of the molecule is COc1ccc(OC)c(-c2cc(C(=O)NCCn3nc(-c4ccco4)n(C4CC4)c3=O)[nH]n2)c1. The molecule has 1 aliphatic rings. The normalized spacial score (nSPS) is 13.1. The van der Waals surface area contributed by atoms with Crippen LogP contribution in [0.1, 0.15) is 29.4 Å². The number of methoxy groups -OCH3 is 2. The maximum absolute atomic E-state index is 12.9. The Labute approximate surface area is 194 Å². The molecule has 5 rings (SSSR count). The summed E-state index contributed by atoms with van der Waals surface area (Å²) in [6.45, 7) is 0.442. The number of H-pyrrole nitrogens is 1. The van der Waals surface area contributed by atoms with Crippen LogP contribution in [0, 0.1) is 0 Å². The first-order chi connectivity index (χ1) is 16.6. The second-order valence-electron chi connectivity index (χ2n) is 7.90. The third-order valence-electron chi connectivity index (χ3n) is 5.64. The van der Waals surface area contributed by atoms with Crippen molar-refractivity contribution in [3.63, 3.8) is 0 Å². The summed E-state index contributed by atoms with van der Waals surface area (Å²) in [7, 11) is 3.14. The number of aromatic amines is 1. The van der Waals surface area contributed by atoms with Gasteiger partial charge in [-0.3, -0.25) is 14.5 Å². The van der Waals surface area contributed by atoms with Crippen LogP contribution in [-0.4, -0.2) is 51.2 Å². The number of furan rings is 1. The number of hydrogen-bond acceptors (Lipinski definition) is 7. The second kappa shape index (κ2) is 8.93. The van der Waals surface area contributed by atoms with E-state index in [2.05, 4.69) is 20.6 Å². The summed E-state index contributed by atoms with van der Waals surface area (Å²) >= 11 is 0. The average Bonchev–Trinajstić information content (AvgIpc) is 3.25. The lowest BCUT2D eigenvalue weighted by atomic mass is 10.1. The van der Waals surface area contributed by atoms with Crippen LogP contribution in [-0.2, 0) is 6.54 Å². The van der Waals surface area contributed by atoms with E-state index in [1.807, 2.05) is 0 Å². The monoisotopic (exact) mass is 464 g/mol. The molecular formula is C23H24N6O5. The van der Waals surface area contributed by atoms with Gasteiger partial charge in [-0.1, -0.05) is 0 Å². The minimum atomic E-state index is -0.346. The van der Waals surface area contributed by atoms with E-state index in [1.165, 1.54) is 4.68 Å². The summed E-state index contributed by atoms with van der Waals surface area (Å²) in [5.41, 5.74) is 1.31. The molecule has 0 aliphatic heterocycles. The number of carbonyl (C=O) groups is 1. The molecule has 0 saturated heterocycles. The number of rotatable bonds is 9. The summed E-state index contributed by atoms with van der Waals surface area (Å²) in [6.07, 6.45) is 3.43. The van der Waals surface area contributed by atoms with Crippen molar-refractivity contribution in [1.82, 2.24) is 29.9 Å². The van der Waals surface area contributed by atoms with Crippen molar-refractivity contribution in [2.45, 2.75) is 25.4 Å². The molecule has 0 bridgehead atoms. The number of carbonyl (C=O) groups excluding carboxylic acids is 1. The maximum Gasteiger partial charge on any atom is 0.346 e. The number of nitrogens with one attached hydrogen (secondary N) is 2. The molecule has 1 saturated carbocycles. The molecule has 0 atom stereocenters. The van der Waals surface area contributed by atoms with Gasteiger partial charge in [0, 0.05) is 18.2 Å². The van der Waals surface area contributed by atoms with Gasteiger partial charge in [0.2, 0.25) is 5.82 Å². The zero-order valence-corrected chi connectivity index (χ0v) is 18.8. The van der Waals surface area contributed by atoms with Crippen LogP contribution in [0.25, 0.3) is 22.8 Å². The summed E-state index contributed by atoms with van der Waals surface area (Å²) in [5.74, 6) is 1.97. The third-order valence-corrected chi connectivity index (χ3v) is 5.64. The topological polar surface area (TPSA) is 129 Å². The van der Waals surface area contributed by atoms with E-state index < -0.39 is 0 Å². The fourth-order valence-corrected chi connectivity index (χ4v) is 3.76. The molecule has 3 aromatic heterocycles. The molecule has 2 N–H and O–H groups in total. The molecule has 176 valence electrons. The van der Waals surface area contributed by atoms with Crippen molar-refractivity contribution in [2.75, 3.05) is 20.8 Å². The van der Waals surface area contributed by atoms with Crippen LogP contribution in [0.2, 0.25) is 0 Å². The minimum absolute atomic E-state index is 0.146. The Hall–Kier alpha value is -4.28. The summed E-state index contributed by atoms with van der Waals surface area (Å²) < 4.78 is 19.1. The Morgan fingerprint density at radius 1 is 1.24 bits per heavy atom. The minimum Gasteiger partial charge on any atom is -0.497 e. The summed E-state index contributed by atoms with van der Waals surface area (Å²) in [4.78, 5) is 25.5. The Bertz CT molecular complexity index is 1360. The van der Waals surface area contributed by atoms with E-state index in [-0.39, 0.29) is 36.4 Å². The lowest BCUT2D eigenvalue weighted by molar-refractivity contribution is 0.0946. The molecule has 0 unspecified atom stereocenters. The van der Waals surface area contributed by atoms with Gasteiger partial charge in [-0.15, -0.1) is 5.10 Å². The van der Waals surface area contributed by atoms with E-state index in [4.69, 9.17) is 13.9 Å². The van der Waals surface area contributed by atoms with Crippen molar-refractivity contribution in [3.8, 4) is 34.3 Å². The van der Waals surface area contributed by atoms with Gasteiger partial charge in [-0.25, -0.2) is 9.48 Å². The first kappa shape index (κ1) is 21.6. The van der Waals surface area contributed by atoms with Gasteiger partial charge in [0.25, 0.3) is 5.91 Å². The Balaban J connectivity index is 1.27. The highest BCUT2D eigenvalue weighted by Gasteiger charge is 2.31. The number of aromatic nitrogens is 5. The van der Waals surface area contributed by atoms with Crippen LogP contribution in [0.3, 0.4) is 0 Å². The van der Waals surface area contributed by atoms with Crippen LogP contribution < -0.4 is 20.5 Å². The molecule has 1 aliphatic carbocycles. The van der Waals surface area contributed by atoms with Crippen molar-refractivity contribution in [2.24, 2.45) is 0 Å². The molecule has 1 aromatic carbocycles. The van der Waals surface area contributed by atoms with Crippen molar-refractivity contribution in [3.05, 3.63) is 58.8 Å². The predicted molar refractivity (Wildman–Crippen MR) is 122 cm³/mol. The largest absolute Gasteiger partial charge is 0.497 e. The van der Waals surface area contributed by atoms with E-state index in [1.54, 1.807) is 61.4 Å². The molecule has 11 heteroatoms. The molecule has 1 amide bonds. The van der Waals surface area contributed by atoms with E-state index in [0.717, 1.165) is 12.8 Å². The quantitative estimate of drug-likeness (QED) is 0.389. The molecule has 11 nitrogen and oxygen atoms in total. The van der Waals surface area contributed by atoms with Crippen LogP contribution >= 0.6 is 0 Å². The fourth-order valence-electron chi connectivity index (χ4n) is 3.76. The van der Waals surface area contributed by atoms with E-state index >= 15 is 0 Å². The van der Waals surface area contributed by atoms with Crippen LogP contribution in [0.15, 0.2) is 51.9 Å². The molecule has 1 fully saturated rings. The first-order valence-electron chi connectivity index (χ1n) is 10.9. The number of hydrogen-bond donors (Lipinski definition) is 2. The van der Waals surface area contributed by atoms with Gasteiger partial charge in [-0.2, -0.15) is 5.10 Å². The number of ether oxygens (including phenoxy) is 2. The zero-order valence-electron chi connectivity index (χ0n) is 18.8. The van der Waals surface area contributed by atoms with Crippen molar-refractivity contribution >= 4 is 5.91 Å². The zero-order chi connectivity index (χ0) is 23.7. The maximum atomic E-state index is 12.9. The standard InChI is InChI=1S/C23H24N6O5/c1-32-15-7-8-19(33-2)16(12-15)17-13-18(26-25-17)22(30)24-9-10-28-23(31)29(14-5-6-14)21(27-28)20-4-3-11-34-20/h3-4,7-8,11-14H,5-6,9-10H2,1-2H3,(H,24,30)(H,25,26). The molecule has 0 spiro atoms. The van der Waals surface area contributed by atoms with Gasteiger partial charge in [-0.05, 0) is 49.2 Å². The summed E-state index contributed by atoms with van der Waals surface area (Å²) in [6, 6.07) is 10.7. The first-order valence-corrected chi connectivity index (χ1v) is 10.9. The van der Waals surface area contributed by atoms with Gasteiger partial charge < -0.3 is 19.2 Å². The van der Waals surface area contributed by atoms with Crippen molar-refractivity contribution in [1.29, 1.82) is 0 Å². The molecule has 3 heterocycles. The molecular weight excluding hydrogens is 440 g/mol. The molecule has 4 aromatic rings. The van der Waals surface area contributed by atoms with Crippen LogP contribution in [0.4, 0.5) is 0 Å². The molecule has 0 radical (unpaired) electrons. The number of benzene rings is 1. The molecule has 34 heavy (non-hydrogen) atoms. The third kappa shape index (κ3) is 4.07. The van der Waals surface area contributed by atoms with E-state index in [9.17, 15) is 9.59 Å². The van der Waals surface area contributed by atoms with E-state index in [0.29, 0.717) is 34.3 Å². The lowest BCUT2D eigenvalue weighted by Gasteiger charge is -2.08. The fraction of sp³-hybridized carbons (Fsp3) is 0.304. The Morgan fingerprint density at radius 3 is 2.79 bits per heavy atom. The Morgan fingerprint density at radius 2 is 2.09 bits per heavy atom. The van der Waals surface area contributed by atoms with Crippen LogP contribution in [0.5, 0.6) is 11.5 Å². The Kier molecular flexibility index (Phi) is 5.66. The number of amides is 1. The highest BCUT2D eigenvalue weighted by molar-refractivity contribution is 5.93. The predicted octanol–water partition coefficient (Wildman–Crippen LogP) is 2.48. The van der Waals surface area contributed by atoms with Gasteiger partial charge in [0.15, 0.2) is 5.76 Å². The number of nitrogens with zero attached hydrogens (tertiary/aromatic N) is 4.